The highest BCUT2D eigenvalue weighted by atomic mass is 32.1. The van der Waals surface area contributed by atoms with Crippen LogP contribution < -0.4 is 0 Å². The van der Waals surface area contributed by atoms with Gasteiger partial charge in [-0.15, -0.1) is 45.3 Å². The van der Waals surface area contributed by atoms with E-state index in [0.29, 0.717) is 64.3 Å². The van der Waals surface area contributed by atoms with E-state index in [4.69, 9.17) is 18.7 Å². The van der Waals surface area contributed by atoms with E-state index >= 15 is 0 Å². The molecule has 0 aromatic carbocycles. The van der Waals surface area contributed by atoms with Crippen molar-refractivity contribution in [1.82, 2.24) is 49.0 Å². The van der Waals surface area contributed by atoms with E-state index in [1.54, 1.807) is 83.4 Å². The van der Waals surface area contributed by atoms with Gasteiger partial charge in [0.25, 0.3) is 0 Å². The molecule has 0 radical (unpaired) electrons. The van der Waals surface area contributed by atoms with Gasteiger partial charge >= 0.3 is 12.4 Å². The van der Waals surface area contributed by atoms with Gasteiger partial charge in [0.1, 0.15) is 30.1 Å². The summed E-state index contributed by atoms with van der Waals surface area (Å²) < 4.78 is 99.2. The molecule has 0 N–H and O–H groups in total. The lowest BCUT2D eigenvalue weighted by Crippen LogP contribution is -2.05. The molecule has 0 atom stereocenters. The van der Waals surface area contributed by atoms with Crippen molar-refractivity contribution in [3.05, 3.63) is 171 Å². The molecule has 0 aliphatic heterocycles. The minimum Gasteiger partial charge on any atom is -0.449 e. The maximum atomic E-state index is 12.0. The second-order valence-electron chi connectivity index (χ2n) is 23.1. The van der Waals surface area contributed by atoms with Crippen LogP contribution in [0.5, 0.6) is 0 Å². The van der Waals surface area contributed by atoms with Gasteiger partial charge in [0, 0.05) is 104 Å². The van der Waals surface area contributed by atoms with E-state index in [2.05, 4.69) is 167 Å². The monoisotopic (exact) mass is 1400 g/mol. The van der Waals surface area contributed by atoms with Crippen LogP contribution in [0.4, 0.5) is 26.3 Å². The van der Waals surface area contributed by atoms with Crippen LogP contribution in [-0.2, 0) is 12.4 Å². The van der Waals surface area contributed by atoms with Crippen LogP contribution in [0.3, 0.4) is 0 Å². The topological polar surface area (TPSA) is 205 Å². The first-order valence-electron chi connectivity index (χ1n) is 29.7. The van der Waals surface area contributed by atoms with Crippen molar-refractivity contribution in [1.29, 1.82) is 5.26 Å². The fraction of sp³-hybridized carbons (Fsp3) is 0.523. The lowest BCUT2D eigenvalue weighted by molar-refractivity contribution is -0.141. The summed E-state index contributed by atoms with van der Waals surface area (Å²) in [7, 11) is 0. The number of hydrogen-bond donors (Lipinski definition) is 0. The normalized spacial score (nSPS) is 10.9. The third-order valence-corrected chi connectivity index (χ3v) is 17.1. The molecule has 0 saturated heterocycles. The quantitative estimate of drug-likeness (QED) is 0.117. The van der Waals surface area contributed by atoms with Gasteiger partial charge in [-0.2, -0.15) is 31.6 Å². The van der Waals surface area contributed by atoms with E-state index in [1.165, 1.54) is 37.7 Å². The van der Waals surface area contributed by atoms with E-state index < -0.39 is 23.7 Å². The molecule has 0 aliphatic carbocycles. The van der Waals surface area contributed by atoms with Crippen molar-refractivity contribution in [2.24, 2.45) is 0 Å². The molecule has 0 fully saturated rings. The second-order valence-corrected chi connectivity index (χ2v) is 28.3. The molecule has 27 heteroatoms. The summed E-state index contributed by atoms with van der Waals surface area (Å²) in [6.45, 7) is 44.9. The van der Waals surface area contributed by atoms with Gasteiger partial charge in [-0.25, -0.2) is 38.7 Å². The number of thiazole rings is 4. The average Bonchev–Trinajstić information content (AvgIpc) is 2.67. The van der Waals surface area contributed by atoms with Crippen LogP contribution in [0.1, 0.15) is 280 Å². The fourth-order valence-corrected chi connectivity index (χ4v) is 10.2. The van der Waals surface area contributed by atoms with Gasteiger partial charge in [0.2, 0.25) is 0 Å². The third kappa shape index (κ3) is 35.1. The number of alkyl halides is 6. The van der Waals surface area contributed by atoms with Crippen molar-refractivity contribution >= 4 is 68.4 Å². The molecule has 0 saturated carbocycles. The minimum atomic E-state index is -4.41. The Morgan fingerprint density at radius 1 is 0.500 bits per heavy atom. The van der Waals surface area contributed by atoms with Crippen LogP contribution in [0.15, 0.2) is 106 Å². The molecular formula is C65H91F6N11O4S6. The summed E-state index contributed by atoms with van der Waals surface area (Å²) in [5, 5.41) is 28.8. The molecule has 10 aromatic heterocycles. The summed E-state index contributed by atoms with van der Waals surface area (Å²) in [4.78, 5) is 24.6. The van der Waals surface area contributed by atoms with Gasteiger partial charge in [-0.05, 0) is 66.3 Å². The first kappa shape index (κ1) is 83.7. The standard InChI is InChI=1S/C7H8F3NO.C7H8F3NS.C7H8N2S.C7H11NO.C7H11NS.2C6H9NO.3C6H9NS/c2*1-4(2)6-11-5(3-12-6)7(8,9)10;1-5(2)7-9-6(3-8)4-10-7;1-5(2)7-4-6(3)8-9-7;1-5(2)7-4-9-6(3)8-7;1-5(2)6-7-3-4-8-6;1-5(2)6-3-4-7-8-6;1-5(2)6-3-7-8-4-6;1-5(2)6-7-3-4-8-6;1-5(2)6-3-4-7-8-6/h2*3-4H,1-2H3;4-5H,1-2H3;2*4-5H,1-3H3;5*3-5H,1-2H3. The Labute approximate surface area is 564 Å². The molecule has 0 amide bonds. The Kier molecular flexibility index (Phi) is 39.6. The summed E-state index contributed by atoms with van der Waals surface area (Å²) in [5.74, 6) is 6.97. The highest BCUT2D eigenvalue weighted by Crippen LogP contribution is 2.32. The van der Waals surface area contributed by atoms with E-state index in [0.717, 1.165) is 44.8 Å². The predicted octanol–water partition coefficient (Wildman–Crippen LogP) is 23.3. The molecule has 10 aromatic rings. The summed E-state index contributed by atoms with van der Waals surface area (Å²) in [5.41, 5.74) is 2.31. The van der Waals surface area contributed by atoms with E-state index in [9.17, 15) is 26.3 Å². The van der Waals surface area contributed by atoms with Crippen LogP contribution in [0.2, 0.25) is 0 Å². The molecule has 0 aliphatic rings. The highest BCUT2D eigenvalue weighted by molar-refractivity contribution is 7.10. The van der Waals surface area contributed by atoms with Gasteiger partial charge in [-0.3, -0.25) is 0 Å². The summed E-state index contributed by atoms with van der Waals surface area (Å²) in [6.07, 6.45) is 2.46. The molecule has 0 bridgehead atoms. The Morgan fingerprint density at radius 2 is 1.11 bits per heavy atom. The molecule has 508 valence electrons. The molecule has 10 rings (SSSR count). The summed E-state index contributed by atoms with van der Waals surface area (Å²) >= 11 is 9.14. The van der Waals surface area contributed by atoms with Gasteiger partial charge in [-0.1, -0.05) is 149 Å². The largest absolute Gasteiger partial charge is 0.449 e. The van der Waals surface area contributed by atoms with Crippen molar-refractivity contribution in [3.63, 3.8) is 0 Å². The predicted molar refractivity (Wildman–Crippen MR) is 364 cm³/mol. The van der Waals surface area contributed by atoms with Crippen LogP contribution in [0.25, 0.3) is 0 Å². The molecule has 0 spiro atoms. The van der Waals surface area contributed by atoms with Crippen LogP contribution >= 0.6 is 68.4 Å². The fourth-order valence-electron chi connectivity index (χ4n) is 5.86. The second kappa shape index (κ2) is 43.6. The number of rotatable bonds is 10. The van der Waals surface area contributed by atoms with Crippen LogP contribution in [0, 0.1) is 25.2 Å². The Morgan fingerprint density at radius 3 is 1.36 bits per heavy atom. The molecule has 15 nitrogen and oxygen atoms in total. The molecule has 92 heavy (non-hydrogen) atoms. The first-order valence-corrected chi connectivity index (χ1v) is 34.9. The maximum absolute atomic E-state index is 12.0. The van der Waals surface area contributed by atoms with Crippen molar-refractivity contribution in [2.75, 3.05) is 0 Å². The number of oxazole rings is 2. The number of aryl methyl sites for hydroxylation is 2. The number of aromatic nitrogens is 10. The van der Waals surface area contributed by atoms with Gasteiger partial charge in [0.05, 0.1) is 43.8 Å². The van der Waals surface area contributed by atoms with Crippen molar-refractivity contribution in [2.45, 2.75) is 224 Å². The number of nitrogens with zero attached hydrogens (tertiary/aromatic N) is 11. The molecular weight excluding hydrogens is 1310 g/mol. The van der Waals surface area contributed by atoms with Crippen molar-refractivity contribution < 1.29 is 44.2 Å². The average molecular weight is 1400 g/mol. The van der Waals surface area contributed by atoms with Crippen molar-refractivity contribution in [3.8, 4) is 6.07 Å². The number of hydrogen-bond acceptors (Lipinski definition) is 21. The minimum absolute atomic E-state index is 0.0612. The van der Waals surface area contributed by atoms with Gasteiger partial charge in [0.15, 0.2) is 28.9 Å². The smallest absolute Gasteiger partial charge is 0.436 e. The summed E-state index contributed by atoms with van der Waals surface area (Å²) in [6, 6.07) is 7.91. The van der Waals surface area contributed by atoms with E-state index in [-0.39, 0.29) is 17.7 Å². The Balaban J connectivity index is 0.000000513. The van der Waals surface area contributed by atoms with Gasteiger partial charge < -0.3 is 17.9 Å². The lowest BCUT2D eigenvalue weighted by Gasteiger charge is -2.00. The van der Waals surface area contributed by atoms with E-state index in [1.807, 2.05) is 83.7 Å². The SMILES string of the molecule is CC(C)c1ccno1.CC(C)c1ccns1.CC(C)c1cnsc1.CC(C)c1nc(C#N)cs1.CC(C)c1nc(C(F)(F)F)co1.CC(C)c1nc(C(F)(F)F)cs1.CC(C)c1ncco1.CC(C)c1nccs1.Cc1cc(C(C)C)on1.Cc1nc(C(C)C)cs1. The van der Waals surface area contributed by atoms with Crippen LogP contribution in [-0.4, -0.2) is 49.0 Å². The lowest BCUT2D eigenvalue weighted by atomic mass is 10.1. The molecule has 10 heterocycles. The highest BCUT2D eigenvalue weighted by Gasteiger charge is 2.35. The maximum Gasteiger partial charge on any atom is 0.436 e. The zero-order chi connectivity index (χ0) is 69.9. The molecule has 0 unspecified atom stereocenters. The zero-order valence-electron chi connectivity index (χ0n) is 56.7. The Bertz CT molecular complexity index is 3060. The third-order valence-electron chi connectivity index (χ3n) is 11.2. The zero-order valence-corrected chi connectivity index (χ0v) is 61.6. The number of nitriles is 1. The number of halogens is 6. The Hall–Kier alpha value is -6.31. The first-order chi connectivity index (χ1) is 43.0.